The van der Waals surface area contributed by atoms with Crippen LogP contribution in [0.1, 0.15) is 44.7 Å². The standard InChI is InChI=1S/C18H22ClNO/c1-2-13-7-4-6-10-17(13)21-18-16-9-5-3-8-14(16)11-15(12-19)20-18/h3,5,8-9,11,13,17H,2,4,6-7,10,12H2,1H3. The predicted octanol–water partition coefficient (Wildman–Crippen LogP) is 5.32. The zero-order valence-electron chi connectivity index (χ0n) is 12.5. The van der Waals surface area contributed by atoms with Crippen LogP contribution < -0.4 is 4.74 Å². The summed E-state index contributed by atoms with van der Waals surface area (Å²) in [6.45, 7) is 2.26. The number of pyridine rings is 1. The molecule has 21 heavy (non-hydrogen) atoms. The first kappa shape index (κ1) is 14.6. The predicted molar refractivity (Wildman–Crippen MR) is 88.0 cm³/mol. The summed E-state index contributed by atoms with van der Waals surface area (Å²) in [5.41, 5.74) is 0.884. The average Bonchev–Trinajstić information content (AvgIpc) is 2.55. The first-order valence-electron chi connectivity index (χ1n) is 7.93. The molecule has 3 rings (SSSR count). The molecule has 3 heteroatoms. The van der Waals surface area contributed by atoms with Gasteiger partial charge in [-0.3, -0.25) is 0 Å². The third kappa shape index (κ3) is 3.16. The van der Waals surface area contributed by atoms with Crippen molar-refractivity contribution in [2.45, 2.75) is 51.0 Å². The van der Waals surface area contributed by atoms with Gasteiger partial charge in [-0.05, 0) is 49.1 Å². The van der Waals surface area contributed by atoms with Crippen molar-refractivity contribution < 1.29 is 4.74 Å². The highest BCUT2D eigenvalue weighted by atomic mass is 35.5. The Morgan fingerprint density at radius 3 is 2.86 bits per heavy atom. The molecule has 1 aliphatic rings. The van der Waals surface area contributed by atoms with Crippen molar-refractivity contribution in [2.75, 3.05) is 0 Å². The monoisotopic (exact) mass is 303 g/mol. The van der Waals surface area contributed by atoms with Crippen LogP contribution in [0.4, 0.5) is 0 Å². The van der Waals surface area contributed by atoms with E-state index in [1.165, 1.54) is 25.7 Å². The summed E-state index contributed by atoms with van der Waals surface area (Å²) in [4.78, 5) is 4.63. The Kier molecular flexibility index (Phi) is 4.64. The molecule has 2 nitrogen and oxygen atoms in total. The van der Waals surface area contributed by atoms with E-state index in [0.29, 0.717) is 17.9 Å². The van der Waals surface area contributed by atoms with Crippen LogP contribution in [0.2, 0.25) is 0 Å². The molecule has 0 aliphatic heterocycles. The number of halogens is 1. The molecule has 112 valence electrons. The lowest BCUT2D eigenvalue weighted by atomic mass is 9.85. The fourth-order valence-electron chi connectivity index (χ4n) is 3.32. The molecule has 0 saturated heterocycles. The lowest BCUT2D eigenvalue weighted by Gasteiger charge is -2.31. The van der Waals surface area contributed by atoms with Crippen molar-refractivity contribution in [1.82, 2.24) is 4.98 Å². The maximum absolute atomic E-state index is 6.34. The number of ether oxygens (including phenoxy) is 1. The third-order valence-corrected chi connectivity index (χ3v) is 4.80. The molecule has 2 unspecified atom stereocenters. The van der Waals surface area contributed by atoms with Gasteiger partial charge in [-0.2, -0.15) is 0 Å². The largest absolute Gasteiger partial charge is 0.474 e. The summed E-state index contributed by atoms with van der Waals surface area (Å²) < 4.78 is 6.34. The Morgan fingerprint density at radius 2 is 2.05 bits per heavy atom. The molecule has 1 aliphatic carbocycles. The van der Waals surface area contributed by atoms with Crippen molar-refractivity contribution in [2.24, 2.45) is 5.92 Å². The summed E-state index contributed by atoms with van der Waals surface area (Å²) >= 11 is 5.98. The van der Waals surface area contributed by atoms with E-state index in [-0.39, 0.29) is 0 Å². The van der Waals surface area contributed by atoms with Gasteiger partial charge >= 0.3 is 0 Å². The minimum Gasteiger partial charge on any atom is -0.474 e. The fourth-order valence-corrected chi connectivity index (χ4v) is 3.45. The van der Waals surface area contributed by atoms with Gasteiger partial charge in [0.25, 0.3) is 0 Å². The number of aromatic nitrogens is 1. The van der Waals surface area contributed by atoms with Crippen LogP contribution >= 0.6 is 11.6 Å². The Morgan fingerprint density at radius 1 is 1.24 bits per heavy atom. The third-order valence-electron chi connectivity index (χ3n) is 4.52. The molecule has 1 fully saturated rings. The Bertz CT molecular complexity index is 613. The van der Waals surface area contributed by atoms with E-state index in [2.05, 4.69) is 24.0 Å². The number of benzene rings is 1. The molecule has 0 N–H and O–H groups in total. The van der Waals surface area contributed by atoms with Gasteiger partial charge in [-0.1, -0.05) is 31.5 Å². The van der Waals surface area contributed by atoms with Gasteiger partial charge in [-0.25, -0.2) is 4.98 Å². The molecule has 0 bridgehead atoms. The second-order valence-corrected chi connectivity index (χ2v) is 6.15. The van der Waals surface area contributed by atoms with Crippen LogP contribution in [-0.2, 0) is 5.88 Å². The van der Waals surface area contributed by atoms with Crippen molar-refractivity contribution in [3.05, 3.63) is 36.0 Å². The number of fused-ring (bicyclic) bond motifs is 1. The summed E-state index contributed by atoms with van der Waals surface area (Å²) in [7, 11) is 0. The van der Waals surface area contributed by atoms with Crippen molar-refractivity contribution >= 4 is 22.4 Å². The first-order chi connectivity index (χ1) is 10.3. The zero-order chi connectivity index (χ0) is 14.7. The topological polar surface area (TPSA) is 22.1 Å². The van der Waals surface area contributed by atoms with Crippen LogP contribution in [0.15, 0.2) is 30.3 Å². The second kappa shape index (κ2) is 6.65. The molecule has 1 heterocycles. The van der Waals surface area contributed by atoms with Gasteiger partial charge in [0, 0.05) is 5.39 Å². The van der Waals surface area contributed by atoms with Gasteiger partial charge in [-0.15, -0.1) is 11.6 Å². The molecule has 1 saturated carbocycles. The van der Waals surface area contributed by atoms with Gasteiger partial charge < -0.3 is 4.74 Å². The lowest BCUT2D eigenvalue weighted by Crippen LogP contribution is -2.30. The van der Waals surface area contributed by atoms with E-state index in [9.17, 15) is 0 Å². The number of hydrogen-bond donors (Lipinski definition) is 0. The Labute approximate surface area is 131 Å². The van der Waals surface area contributed by atoms with Gasteiger partial charge in [0.15, 0.2) is 0 Å². The molecule has 1 aromatic heterocycles. The summed E-state index contributed by atoms with van der Waals surface area (Å²) in [5, 5.41) is 2.24. The molecule has 0 radical (unpaired) electrons. The molecule has 0 spiro atoms. The van der Waals surface area contributed by atoms with Crippen LogP contribution in [-0.4, -0.2) is 11.1 Å². The maximum atomic E-state index is 6.34. The smallest absolute Gasteiger partial charge is 0.221 e. The van der Waals surface area contributed by atoms with E-state index in [1.807, 2.05) is 18.2 Å². The van der Waals surface area contributed by atoms with E-state index < -0.39 is 0 Å². The van der Waals surface area contributed by atoms with Crippen LogP contribution in [0.25, 0.3) is 10.8 Å². The molecular formula is C18H22ClNO. The Balaban J connectivity index is 1.95. The number of alkyl halides is 1. The number of hydrogen-bond acceptors (Lipinski definition) is 2. The molecular weight excluding hydrogens is 282 g/mol. The van der Waals surface area contributed by atoms with Gasteiger partial charge in [0.2, 0.25) is 5.88 Å². The first-order valence-corrected chi connectivity index (χ1v) is 8.46. The van der Waals surface area contributed by atoms with Crippen LogP contribution in [0.3, 0.4) is 0 Å². The second-order valence-electron chi connectivity index (χ2n) is 5.88. The average molecular weight is 304 g/mol. The van der Waals surface area contributed by atoms with E-state index in [4.69, 9.17) is 16.3 Å². The van der Waals surface area contributed by atoms with Crippen molar-refractivity contribution in [1.29, 1.82) is 0 Å². The van der Waals surface area contributed by atoms with E-state index in [0.717, 1.165) is 28.8 Å². The minimum atomic E-state index is 0.297. The highest BCUT2D eigenvalue weighted by Gasteiger charge is 2.26. The fraction of sp³-hybridized carbons (Fsp3) is 0.500. The highest BCUT2D eigenvalue weighted by molar-refractivity contribution is 6.17. The van der Waals surface area contributed by atoms with Crippen molar-refractivity contribution in [3.63, 3.8) is 0 Å². The molecule has 1 aromatic carbocycles. The number of nitrogens with zero attached hydrogens (tertiary/aromatic N) is 1. The highest BCUT2D eigenvalue weighted by Crippen LogP contribution is 2.33. The Hall–Kier alpha value is -1.28. The van der Waals surface area contributed by atoms with Crippen LogP contribution in [0.5, 0.6) is 5.88 Å². The minimum absolute atomic E-state index is 0.297. The van der Waals surface area contributed by atoms with Gasteiger partial charge in [0.1, 0.15) is 6.10 Å². The van der Waals surface area contributed by atoms with Crippen LogP contribution in [0, 0.1) is 5.92 Å². The molecule has 2 aromatic rings. The lowest BCUT2D eigenvalue weighted by molar-refractivity contribution is 0.0874. The summed E-state index contributed by atoms with van der Waals surface area (Å²) in [6.07, 6.45) is 6.47. The van der Waals surface area contributed by atoms with E-state index >= 15 is 0 Å². The maximum Gasteiger partial charge on any atom is 0.221 e. The number of rotatable bonds is 4. The normalized spacial score (nSPS) is 22.4. The molecule has 0 amide bonds. The molecule has 2 atom stereocenters. The summed E-state index contributed by atoms with van der Waals surface area (Å²) in [6, 6.07) is 10.3. The quantitative estimate of drug-likeness (QED) is 0.713. The summed E-state index contributed by atoms with van der Waals surface area (Å²) in [5.74, 6) is 1.83. The van der Waals surface area contributed by atoms with Gasteiger partial charge in [0.05, 0.1) is 11.6 Å². The van der Waals surface area contributed by atoms with Crippen molar-refractivity contribution in [3.8, 4) is 5.88 Å². The SMILES string of the molecule is CCC1CCCCC1Oc1nc(CCl)cc2ccccc12. The van der Waals surface area contributed by atoms with E-state index in [1.54, 1.807) is 0 Å². The zero-order valence-corrected chi connectivity index (χ0v) is 13.3.